The fourth-order valence-electron chi connectivity index (χ4n) is 2.83. The molecule has 1 unspecified atom stereocenters. The Hall–Kier alpha value is -2.16. The summed E-state index contributed by atoms with van der Waals surface area (Å²) in [5.41, 5.74) is 10.4. The zero-order chi connectivity index (χ0) is 13.4. The van der Waals surface area contributed by atoms with Crippen LogP contribution in [0.15, 0.2) is 42.5 Å². The number of para-hydroxylation sites is 1. The minimum atomic E-state index is 0.410. The molecule has 0 fully saturated rings. The van der Waals surface area contributed by atoms with Crippen LogP contribution in [0.2, 0.25) is 0 Å². The number of methoxy groups -OCH3 is 1. The molecule has 2 aromatic carbocycles. The number of hydrogen-bond acceptors (Lipinski definition) is 3. The quantitative estimate of drug-likeness (QED) is 0.835. The van der Waals surface area contributed by atoms with Crippen molar-refractivity contribution in [1.82, 2.24) is 0 Å². The van der Waals surface area contributed by atoms with Crippen LogP contribution in [0, 0.1) is 0 Å². The fourth-order valence-corrected chi connectivity index (χ4v) is 2.83. The summed E-state index contributed by atoms with van der Waals surface area (Å²) >= 11 is 0. The monoisotopic (exact) mass is 254 g/mol. The first-order valence-corrected chi connectivity index (χ1v) is 6.51. The third kappa shape index (κ3) is 1.91. The molecule has 3 nitrogen and oxygen atoms in total. The molecule has 1 aliphatic heterocycles. The van der Waals surface area contributed by atoms with E-state index in [-0.39, 0.29) is 0 Å². The van der Waals surface area contributed by atoms with Gasteiger partial charge in [-0.3, -0.25) is 0 Å². The summed E-state index contributed by atoms with van der Waals surface area (Å²) in [5, 5.41) is 0. The highest BCUT2D eigenvalue weighted by Crippen LogP contribution is 2.42. The zero-order valence-electron chi connectivity index (χ0n) is 11.3. The summed E-state index contributed by atoms with van der Waals surface area (Å²) in [6, 6.07) is 14.7. The summed E-state index contributed by atoms with van der Waals surface area (Å²) in [4.78, 5) is 2.31. The summed E-state index contributed by atoms with van der Waals surface area (Å²) < 4.78 is 5.48. The van der Waals surface area contributed by atoms with Gasteiger partial charge in [-0.1, -0.05) is 18.2 Å². The number of nitrogens with two attached hydrogens (primary N) is 1. The highest BCUT2D eigenvalue weighted by atomic mass is 16.5. The summed E-state index contributed by atoms with van der Waals surface area (Å²) in [6.45, 7) is 2.22. The molecule has 3 rings (SSSR count). The van der Waals surface area contributed by atoms with Gasteiger partial charge in [0.15, 0.2) is 0 Å². The molecule has 1 atom stereocenters. The largest absolute Gasteiger partial charge is 0.495 e. The van der Waals surface area contributed by atoms with Crippen LogP contribution in [-0.2, 0) is 6.42 Å². The van der Waals surface area contributed by atoms with Crippen LogP contribution in [0.4, 0.5) is 17.1 Å². The Bertz CT molecular complexity index is 609. The molecule has 19 heavy (non-hydrogen) atoms. The van der Waals surface area contributed by atoms with Crippen LogP contribution in [0.5, 0.6) is 5.75 Å². The predicted octanol–water partition coefficient (Wildman–Crippen LogP) is 3.36. The topological polar surface area (TPSA) is 38.5 Å². The van der Waals surface area contributed by atoms with Crippen LogP contribution in [0.3, 0.4) is 0 Å². The Balaban J connectivity index is 2.14. The van der Waals surface area contributed by atoms with Crippen molar-refractivity contribution < 1.29 is 4.74 Å². The van der Waals surface area contributed by atoms with Crippen LogP contribution < -0.4 is 15.4 Å². The summed E-state index contributed by atoms with van der Waals surface area (Å²) in [7, 11) is 1.70. The van der Waals surface area contributed by atoms with Crippen LogP contribution in [0.1, 0.15) is 12.5 Å². The SMILES string of the molecule is COc1ccc(N)cc1N1c2ccccc2CC1C. The highest BCUT2D eigenvalue weighted by Gasteiger charge is 2.28. The first-order valence-electron chi connectivity index (χ1n) is 6.51. The lowest BCUT2D eigenvalue weighted by atomic mass is 10.1. The van der Waals surface area contributed by atoms with E-state index in [4.69, 9.17) is 10.5 Å². The molecule has 0 saturated heterocycles. The predicted molar refractivity (Wildman–Crippen MR) is 79.2 cm³/mol. The number of rotatable bonds is 2. The van der Waals surface area contributed by atoms with Gasteiger partial charge >= 0.3 is 0 Å². The van der Waals surface area contributed by atoms with E-state index in [0.29, 0.717) is 6.04 Å². The Kier molecular flexibility index (Phi) is 2.82. The van der Waals surface area contributed by atoms with Crippen molar-refractivity contribution in [2.45, 2.75) is 19.4 Å². The number of nitrogen functional groups attached to an aromatic ring is 1. The lowest BCUT2D eigenvalue weighted by molar-refractivity contribution is 0.415. The summed E-state index contributed by atoms with van der Waals surface area (Å²) in [6.07, 6.45) is 1.05. The van der Waals surface area contributed by atoms with Crippen molar-refractivity contribution in [3.8, 4) is 5.75 Å². The van der Waals surface area contributed by atoms with Crippen LogP contribution >= 0.6 is 0 Å². The minimum Gasteiger partial charge on any atom is -0.495 e. The molecule has 0 bridgehead atoms. The van der Waals surface area contributed by atoms with E-state index >= 15 is 0 Å². The van der Waals surface area contributed by atoms with E-state index in [0.717, 1.165) is 23.5 Å². The highest BCUT2D eigenvalue weighted by molar-refractivity contribution is 5.77. The Morgan fingerprint density at radius 1 is 1.16 bits per heavy atom. The lowest BCUT2D eigenvalue weighted by Gasteiger charge is -2.27. The van der Waals surface area contributed by atoms with Gasteiger partial charge in [0.1, 0.15) is 5.75 Å². The van der Waals surface area contributed by atoms with Crippen LogP contribution in [0.25, 0.3) is 0 Å². The van der Waals surface area contributed by atoms with E-state index in [9.17, 15) is 0 Å². The number of benzene rings is 2. The van der Waals surface area contributed by atoms with Crippen molar-refractivity contribution in [3.05, 3.63) is 48.0 Å². The number of fused-ring (bicyclic) bond motifs is 1. The Morgan fingerprint density at radius 3 is 2.74 bits per heavy atom. The summed E-state index contributed by atoms with van der Waals surface area (Å²) in [5.74, 6) is 0.859. The van der Waals surface area contributed by atoms with Crippen molar-refractivity contribution in [2.75, 3.05) is 17.7 Å². The average Bonchev–Trinajstić information content (AvgIpc) is 2.74. The van der Waals surface area contributed by atoms with Gasteiger partial charge in [0.25, 0.3) is 0 Å². The maximum absolute atomic E-state index is 5.93. The Labute approximate surface area is 113 Å². The van der Waals surface area contributed by atoms with Gasteiger partial charge in [-0.25, -0.2) is 0 Å². The first-order chi connectivity index (χ1) is 9.20. The van der Waals surface area contributed by atoms with Gasteiger partial charge < -0.3 is 15.4 Å². The molecule has 0 amide bonds. The molecule has 98 valence electrons. The molecule has 3 heteroatoms. The number of ether oxygens (including phenoxy) is 1. The van der Waals surface area contributed by atoms with Gasteiger partial charge in [0.2, 0.25) is 0 Å². The number of hydrogen-bond donors (Lipinski definition) is 1. The lowest BCUT2D eigenvalue weighted by Crippen LogP contribution is -2.24. The van der Waals surface area contributed by atoms with E-state index in [2.05, 4.69) is 36.1 Å². The molecule has 0 radical (unpaired) electrons. The minimum absolute atomic E-state index is 0.410. The maximum atomic E-state index is 5.93. The molecular formula is C16H18N2O. The average molecular weight is 254 g/mol. The molecule has 1 aliphatic rings. The molecule has 0 saturated carbocycles. The molecule has 1 heterocycles. The maximum Gasteiger partial charge on any atom is 0.142 e. The van der Waals surface area contributed by atoms with E-state index in [1.807, 2.05) is 18.2 Å². The molecule has 2 aromatic rings. The van der Waals surface area contributed by atoms with Crippen molar-refractivity contribution in [3.63, 3.8) is 0 Å². The molecule has 0 aliphatic carbocycles. The van der Waals surface area contributed by atoms with Gasteiger partial charge in [-0.2, -0.15) is 0 Å². The van der Waals surface area contributed by atoms with Gasteiger partial charge in [0.05, 0.1) is 12.8 Å². The third-order valence-corrected chi connectivity index (χ3v) is 3.67. The smallest absolute Gasteiger partial charge is 0.142 e. The number of anilines is 3. The standard InChI is InChI=1S/C16H18N2O/c1-11-9-12-5-3-4-6-14(12)18(11)15-10-13(17)7-8-16(15)19-2/h3-8,10-11H,9,17H2,1-2H3. The van der Waals surface area contributed by atoms with Crippen molar-refractivity contribution in [1.29, 1.82) is 0 Å². The molecule has 0 spiro atoms. The third-order valence-electron chi connectivity index (χ3n) is 3.67. The second-order valence-electron chi connectivity index (χ2n) is 4.98. The van der Waals surface area contributed by atoms with Crippen LogP contribution in [-0.4, -0.2) is 13.2 Å². The van der Waals surface area contributed by atoms with Gasteiger partial charge in [-0.05, 0) is 43.2 Å². The normalized spacial score (nSPS) is 17.4. The second-order valence-corrected chi connectivity index (χ2v) is 4.98. The number of nitrogens with zero attached hydrogens (tertiary/aromatic N) is 1. The van der Waals surface area contributed by atoms with Crippen molar-refractivity contribution >= 4 is 17.1 Å². The molecular weight excluding hydrogens is 236 g/mol. The van der Waals surface area contributed by atoms with E-state index < -0.39 is 0 Å². The fraction of sp³-hybridized carbons (Fsp3) is 0.250. The van der Waals surface area contributed by atoms with E-state index in [1.54, 1.807) is 7.11 Å². The zero-order valence-corrected chi connectivity index (χ0v) is 11.3. The van der Waals surface area contributed by atoms with Crippen molar-refractivity contribution in [2.24, 2.45) is 0 Å². The molecule has 0 aromatic heterocycles. The van der Waals surface area contributed by atoms with Gasteiger partial charge in [0, 0.05) is 17.4 Å². The van der Waals surface area contributed by atoms with E-state index in [1.165, 1.54) is 11.3 Å². The first kappa shape index (κ1) is 11.9. The molecule has 2 N–H and O–H groups in total. The van der Waals surface area contributed by atoms with Gasteiger partial charge in [-0.15, -0.1) is 0 Å². The second kappa shape index (κ2) is 4.50. The Morgan fingerprint density at radius 2 is 1.95 bits per heavy atom.